The van der Waals surface area contributed by atoms with Crippen molar-refractivity contribution >= 4 is 22.6 Å². The standard InChI is InChI=1S/C17H16ClN3O/c18-16-15-6-7-21(17(15)20-11-19-16)13-8-14(9-13)22-10-12-4-2-1-3-5-12/h1-7,11,13-14H,8-10H2. The SMILES string of the molecule is Clc1ncnc2c1ccn2C1CC(OCc2ccccc2)C1. The quantitative estimate of drug-likeness (QED) is 0.683. The van der Waals surface area contributed by atoms with E-state index in [1.54, 1.807) is 0 Å². The van der Waals surface area contributed by atoms with E-state index in [2.05, 4.69) is 26.7 Å². The van der Waals surface area contributed by atoms with E-state index in [1.165, 1.54) is 11.9 Å². The molecule has 1 aliphatic rings. The van der Waals surface area contributed by atoms with Crippen molar-refractivity contribution in [2.45, 2.75) is 31.6 Å². The highest BCUT2D eigenvalue weighted by Crippen LogP contribution is 2.37. The molecule has 0 amide bonds. The number of aromatic nitrogens is 3. The zero-order valence-electron chi connectivity index (χ0n) is 12.0. The van der Waals surface area contributed by atoms with E-state index >= 15 is 0 Å². The van der Waals surface area contributed by atoms with Crippen LogP contribution in [0.5, 0.6) is 0 Å². The zero-order valence-corrected chi connectivity index (χ0v) is 12.8. The number of hydrogen-bond donors (Lipinski definition) is 0. The van der Waals surface area contributed by atoms with Crippen molar-refractivity contribution in [2.75, 3.05) is 0 Å². The molecule has 0 spiro atoms. The van der Waals surface area contributed by atoms with Gasteiger partial charge in [-0.15, -0.1) is 0 Å². The summed E-state index contributed by atoms with van der Waals surface area (Å²) in [5, 5.41) is 1.43. The molecule has 1 aromatic carbocycles. The number of fused-ring (bicyclic) bond motifs is 1. The van der Waals surface area contributed by atoms with Crippen molar-refractivity contribution in [1.29, 1.82) is 0 Å². The molecular formula is C17H16ClN3O. The van der Waals surface area contributed by atoms with Gasteiger partial charge in [0.1, 0.15) is 17.1 Å². The second kappa shape index (κ2) is 5.71. The topological polar surface area (TPSA) is 39.9 Å². The van der Waals surface area contributed by atoms with Gasteiger partial charge in [0.15, 0.2) is 0 Å². The summed E-state index contributed by atoms with van der Waals surface area (Å²) in [5.41, 5.74) is 2.13. The summed E-state index contributed by atoms with van der Waals surface area (Å²) in [4.78, 5) is 8.37. The second-order valence-electron chi connectivity index (χ2n) is 5.67. The van der Waals surface area contributed by atoms with Crippen LogP contribution in [0.25, 0.3) is 11.0 Å². The molecule has 0 aliphatic heterocycles. The summed E-state index contributed by atoms with van der Waals surface area (Å²) in [6.07, 6.45) is 5.91. The smallest absolute Gasteiger partial charge is 0.145 e. The second-order valence-corrected chi connectivity index (χ2v) is 6.03. The van der Waals surface area contributed by atoms with Crippen molar-refractivity contribution in [2.24, 2.45) is 0 Å². The van der Waals surface area contributed by atoms with Crippen molar-refractivity contribution in [3.05, 3.63) is 59.6 Å². The first-order valence-electron chi connectivity index (χ1n) is 7.44. The van der Waals surface area contributed by atoms with Crippen molar-refractivity contribution in [3.63, 3.8) is 0 Å². The molecule has 0 bridgehead atoms. The first-order chi connectivity index (χ1) is 10.8. The number of ether oxygens (including phenoxy) is 1. The predicted molar refractivity (Wildman–Crippen MR) is 85.8 cm³/mol. The van der Waals surface area contributed by atoms with Gasteiger partial charge in [-0.2, -0.15) is 0 Å². The van der Waals surface area contributed by atoms with Gasteiger partial charge in [0.05, 0.1) is 18.1 Å². The Morgan fingerprint density at radius 3 is 2.77 bits per heavy atom. The zero-order chi connectivity index (χ0) is 14.9. The van der Waals surface area contributed by atoms with Gasteiger partial charge in [0.25, 0.3) is 0 Å². The van der Waals surface area contributed by atoms with Gasteiger partial charge in [-0.1, -0.05) is 41.9 Å². The molecule has 0 unspecified atom stereocenters. The van der Waals surface area contributed by atoms with Crippen molar-refractivity contribution in [1.82, 2.24) is 14.5 Å². The highest BCUT2D eigenvalue weighted by atomic mass is 35.5. The first kappa shape index (κ1) is 13.7. The Balaban J connectivity index is 1.39. The minimum absolute atomic E-state index is 0.319. The third-order valence-electron chi connectivity index (χ3n) is 4.25. The lowest BCUT2D eigenvalue weighted by atomic mass is 9.89. The summed E-state index contributed by atoms with van der Waals surface area (Å²) >= 11 is 6.09. The van der Waals surface area contributed by atoms with Crippen LogP contribution >= 0.6 is 11.6 Å². The Bertz CT molecular complexity index is 781. The van der Waals surface area contributed by atoms with E-state index in [9.17, 15) is 0 Å². The van der Waals surface area contributed by atoms with E-state index in [4.69, 9.17) is 16.3 Å². The maximum Gasteiger partial charge on any atom is 0.145 e. The molecule has 0 atom stereocenters. The fourth-order valence-corrected chi connectivity index (χ4v) is 3.12. The molecular weight excluding hydrogens is 298 g/mol. The Labute approximate surface area is 133 Å². The Morgan fingerprint density at radius 2 is 1.95 bits per heavy atom. The van der Waals surface area contributed by atoms with E-state index in [0.29, 0.717) is 23.9 Å². The molecule has 0 N–H and O–H groups in total. The van der Waals surface area contributed by atoms with Crippen molar-refractivity contribution < 1.29 is 4.74 Å². The predicted octanol–water partition coefficient (Wildman–Crippen LogP) is 4.01. The number of halogens is 1. The van der Waals surface area contributed by atoms with Crippen LogP contribution in [0.1, 0.15) is 24.4 Å². The van der Waals surface area contributed by atoms with Gasteiger partial charge in [-0.3, -0.25) is 0 Å². The average molecular weight is 314 g/mol. The molecule has 3 aromatic rings. The maximum atomic E-state index is 6.09. The summed E-state index contributed by atoms with van der Waals surface area (Å²) in [6.45, 7) is 0.679. The summed E-state index contributed by atoms with van der Waals surface area (Å²) in [7, 11) is 0. The number of rotatable bonds is 4. The lowest BCUT2D eigenvalue weighted by Gasteiger charge is -2.36. The Kier molecular flexibility index (Phi) is 3.56. The molecule has 1 saturated carbocycles. The van der Waals surface area contributed by atoms with Crippen LogP contribution < -0.4 is 0 Å². The van der Waals surface area contributed by atoms with Gasteiger partial charge in [0, 0.05) is 12.2 Å². The molecule has 2 aromatic heterocycles. The molecule has 1 aliphatic carbocycles. The number of nitrogens with zero attached hydrogens (tertiary/aromatic N) is 3. The van der Waals surface area contributed by atoms with Gasteiger partial charge in [-0.05, 0) is 24.5 Å². The van der Waals surface area contributed by atoms with E-state index in [-0.39, 0.29) is 0 Å². The fraction of sp³-hybridized carbons (Fsp3) is 0.294. The van der Waals surface area contributed by atoms with Crippen LogP contribution in [0, 0.1) is 0 Å². The van der Waals surface area contributed by atoms with Crippen LogP contribution in [0.4, 0.5) is 0 Å². The first-order valence-corrected chi connectivity index (χ1v) is 7.81. The van der Waals surface area contributed by atoms with E-state index in [1.807, 2.05) is 30.5 Å². The Hall–Kier alpha value is -1.91. The summed E-state index contributed by atoms with van der Waals surface area (Å²) in [5.74, 6) is 0. The van der Waals surface area contributed by atoms with Gasteiger partial charge in [0.2, 0.25) is 0 Å². The maximum absolute atomic E-state index is 6.09. The molecule has 112 valence electrons. The number of benzene rings is 1. The third kappa shape index (κ3) is 2.49. The lowest BCUT2D eigenvalue weighted by Crippen LogP contribution is -2.33. The monoisotopic (exact) mass is 313 g/mol. The summed E-state index contributed by atoms with van der Waals surface area (Å²) in [6, 6.07) is 12.7. The molecule has 2 heterocycles. The van der Waals surface area contributed by atoms with Crippen LogP contribution in [0.15, 0.2) is 48.9 Å². The minimum atomic E-state index is 0.319. The van der Waals surface area contributed by atoms with Gasteiger partial charge in [-0.25, -0.2) is 9.97 Å². The van der Waals surface area contributed by atoms with Crippen LogP contribution in [0.2, 0.25) is 5.15 Å². The van der Waals surface area contributed by atoms with Crippen LogP contribution in [0.3, 0.4) is 0 Å². The average Bonchev–Trinajstić information content (AvgIpc) is 2.92. The molecule has 4 nitrogen and oxygen atoms in total. The van der Waals surface area contributed by atoms with Gasteiger partial charge >= 0.3 is 0 Å². The third-order valence-corrected chi connectivity index (χ3v) is 4.55. The molecule has 5 heteroatoms. The highest BCUT2D eigenvalue weighted by Gasteiger charge is 2.32. The van der Waals surface area contributed by atoms with Gasteiger partial charge < -0.3 is 9.30 Å². The van der Waals surface area contributed by atoms with Crippen LogP contribution in [-0.2, 0) is 11.3 Å². The van der Waals surface area contributed by atoms with E-state index < -0.39 is 0 Å². The molecule has 4 rings (SSSR count). The molecule has 0 saturated heterocycles. The normalized spacial score (nSPS) is 21.0. The fourth-order valence-electron chi connectivity index (χ4n) is 2.92. The Morgan fingerprint density at radius 1 is 1.14 bits per heavy atom. The summed E-state index contributed by atoms with van der Waals surface area (Å²) < 4.78 is 8.14. The minimum Gasteiger partial charge on any atom is -0.373 e. The number of hydrogen-bond acceptors (Lipinski definition) is 3. The lowest BCUT2D eigenvalue weighted by molar-refractivity contribution is -0.0348. The largest absolute Gasteiger partial charge is 0.373 e. The highest BCUT2D eigenvalue weighted by molar-refractivity contribution is 6.33. The molecule has 22 heavy (non-hydrogen) atoms. The van der Waals surface area contributed by atoms with Crippen LogP contribution in [-0.4, -0.2) is 20.6 Å². The molecule has 0 radical (unpaired) electrons. The van der Waals surface area contributed by atoms with E-state index in [0.717, 1.165) is 23.9 Å². The molecule has 1 fully saturated rings. The van der Waals surface area contributed by atoms with Crippen molar-refractivity contribution in [3.8, 4) is 0 Å².